The summed E-state index contributed by atoms with van der Waals surface area (Å²) < 4.78 is 1.73. The van der Waals surface area contributed by atoms with Crippen molar-refractivity contribution < 1.29 is 0 Å². The molecular formula is C10H13N3O. The first kappa shape index (κ1) is 8.17. The number of fused-ring (bicyclic) bond motifs is 1. The highest BCUT2D eigenvalue weighted by molar-refractivity contribution is 5.03. The highest BCUT2D eigenvalue weighted by atomic mass is 16.1. The van der Waals surface area contributed by atoms with Crippen LogP contribution in [-0.2, 0) is 6.54 Å². The van der Waals surface area contributed by atoms with E-state index in [-0.39, 0.29) is 5.69 Å². The fraction of sp³-hybridized carbons (Fsp3) is 0.600. The van der Waals surface area contributed by atoms with E-state index in [2.05, 4.69) is 10.3 Å². The molecule has 3 rings (SSSR count). The van der Waals surface area contributed by atoms with Gasteiger partial charge in [0.25, 0.3) is 0 Å². The molecule has 4 heteroatoms. The Morgan fingerprint density at radius 2 is 2.29 bits per heavy atom. The summed E-state index contributed by atoms with van der Waals surface area (Å²) >= 11 is 0. The summed E-state index contributed by atoms with van der Waals surface area (Å²) in [5.41, 5.74) is -0.120. The monoisotopic (exact) mass is 191 g/mol. The number of rotatable bonds is 2. The fourth-order valence-corrected chi connectivity index (χ4v) is 2.57. The summed E-state index contributed by atoms with van der Waals surface area (Å²) in [7, 11) is 0. The van der Waals surface area contributed by atoms with Crippen LogP contribution in [0.5, 0.6) is 0 Å². The molecule has 14 heavy (non-hydrogen) atoms. The van der Waals surface area contributed by atoms with Crippen molar-refractivity contribution >= 4 is 0 Å². The molecule has 0 aromatic carbocycles. The van der Waals surface area contributed by atoms with E-state index in [4.69, 9.17) is 0 Å². The van der Waals surface area contributed by atoms with E-state index in [0.717, 1.165) is 31.5 Å². The lowest BCUT2D eigenvalue weighted by Gasteiger charge is -2.05. The second-order valence-corrected chi connectivity index (χ2v) is 4.20. The Balaban J connectivity index is 1.74. The van der Waals surface area contributed by atoms with Gasteiger partial charge in [-0.2, -0.15) is 0 Å². The van der Waals surface area contributed by atoms with Crippen LogP contribution in [0, 0.1) is 17.8 Å². The second kappa shape index (κ2) is 2.92. The van der Waals surface area contributed by atoms with Crippen LogP contribution in [0.4, 0.5) is 0 Å². The van der Waals surface area contributed by atoms with Crippen molar-refractivity contribution in [1.29, 1.82) is 0 Å². The van der Waals surface area contributed by atoms with Gasteiger partial charge in [0.15, 0.2) is 0 Å². The molecule has 2 unspecified atom stereocenters. The lowest BCUT2D eigenvalue weighted by Crippen LogP contribution is -2.25. The minimum atomic E-state index is -0.120. The topological polar surface area (TPSA) is 46.9 Å². The maximum Gasteiger partial charge on any atom is 0.347 e. The van der Waals surface area contributed by atoms with Crippen molar-refractivity contribution in [3.63, 3.8) is 0 Å². The van der Waals surface area contributed by atoms with Crippen LogP contribution in [0.2, 0.25) is 0 Å². The number of hydrogen-bond donors (Lipinski definition) is 1. The molecule has 2 heterocycles. The molecule has 1 aromatic rings. The average molecular weight is 191 g/mol. The number of hydrogen-bond acceptors (Lipinski definition) is 3. The van der Waals surface area contributed by atoms with Crippen molar-refractivity contribution in [1.82, 2.24) is 14.9 Å². The van der Waals surface area contributed by atoms with Gasteiger partial charge >= 0.3 is 5.69 Å². The summed E-state index contributed by atoms with van der Waals surface area (Å²) in [6, 6.07) is 1.82. The van der Waals surface area contributed by atoms with Crippen LogP contribution in [0.1, 0.15) is 0 Å². The van der Waals surface area contributed by atoms with Gasteiger partial charge in [-0.25, -0.2) is 9.78 Å². The number of aromatic nitrogens is 2. The van der Waals surface area contributed by atoms with E-state index >= 15 is 0 Å². The fourth-order valence-electron chi connectivity index (χ4n) is 2.57. The van der Waals surface area contributed by atoms with E-state index < -0.39 is 0 Å². The second-order valence-electron chi connectivity index (χ2n) is 4.20. The smallest absolute Gasteiger partial charge is 0.316 e. The highest BCUT2D eigenvalue weighted by Crippen LogP contribution is 2.49. The van der Waals surface area contributed by atoms with Gasteiger partial charge in [0.05, 0.1) is 0 Å². The molecule has 1 aromatic heterocycles. The molecule has 0 amide bonds. The zero-order valence-corrected chi connectivity index (χ0v) is 7.89. The maximum atomic E-state index is 11.3. The Morgan fingerprint density at radius 1 is 1.50 bits per heavy atom. The lowest BCUT2D eigenvalue weighted by molar-refractivity contribution is 0.501. The largest absolute Gasteiger partial charge is 0.347 e. The van der Waals surface area contributed by atoms with E-state index in [0.29, 0.717) is 5.92 Å². The first-order valence-corrected chi connectivity index (χ1v) is 5.08. The van der Waals surface area contributed by atoms with Crippen molar-refractivity contribution in [2.24, 2.45) is 17.8 Å². The Labute approximate surface area is 82.0 Å². The van der Waals surface area contributed by atoms with Gasteiger partial charge in [0.2, 0.25) is 0 Å². The first-order valence-electron chi connectivity index (χ1n) is 5.08. The van der Waals surface area contributed by atoms with Gasteiger partial charge in [-0.3, -0.25) is 4.57 Å². The molecule has 1 saturated carbocycles. The van der Waals surface area contributed by atoms with Gasteiger partial charge in [-0.05, 0) is 36.9 Å². The van der Waals surface area contributed by atoms with Crippen molar-refractivity contribution in [2.75, 3.05) is 13.1 Å². The molecular weight excluding hydrogens is 178 g/mol. The molecule has 2 aliphatic rings. The van der Waals surface area contributed by atoms with Crippen molar-refractivity contribution in [3.8, 4) is 0 Å². The number of nitrogens with one attached hydrogen (secondary N) is 1. The summed E-state index contributed by atoms with van der Waals surface area (Å²) in [5.74, 6) is 2.32. The average Bonchev–Trinajstić information content (AvgIpc) is 2.64. The zero-order valence-electron chi connectivity index (χ0n) is 7.89. The number of piperidine rings is 1. The minimum Gasteiger partial charge on any atom is -0.316 e. The highest BCUT2D eigenvalue weighted by Gasteiger charge is 2.52. The quantitative estimate of drug-likeness (QED) is 0.698. The molecule has 4 nitrogen and oxygen atoms in total. The molecule has 1 aliphatic heterocycles. The van der Waals surface area contributed by atoms with Crippen LogP contribution in [0.3, 0.4) is 0 Å². The lowest BCUT2D eigenvalue weighted by atomic mass is 10.3. The summed E-state index contributed by atoms with van der Waals surface area (Å²) in [5, 5.41) is 3.35. The normalized spacial score (nSPS) is 34.1. The minimum absolute atomic E-state index is 0.120. The SMILES string of the molecule is O=c1ncccn1CC1C2CNCC21. The summed E-state index contributed by atoms with van der Waals surface area (Å²) in [6.07, 6.45) is 3.38. The zero-order chi connectivity index (χ0) is 9.54. The van der Waals surface area contributed by atoms with Gasteiger partial charge in [-0.15, -0.1) is 0 Å². The van der Waals surface area contributed by atoms with Crippen LogP contribution in [0.15, 0.2) is 23.3 Å². The van der Waals surface area contributed by atoms with Gasteiger partial charge in [-0.1, -0.05) is 0 Å². The van der Waals surface area contributed by atoms with E-state index in [9.17, 15) is 4.79 Å². The van der Waals surface area contributed by atoms with Crippen LogP contribution in [0.25, 0.3) is 0 Å². The van der Waals surface area contributed by atoms with Gasteiger partial charge in [0, 0.05) is 18.9 Å². The predicted octanol–water partition coefficient (Wildman–Crippen LogP) is -0.291. The number of nitrogens with zero attached hydrogens (tertiary/aromatic N) is 2. The summed E-state index contributed by atoms with van der Waals surface area (Å²) in [6.45, 7) is 3.11. The third kappa shape index (κ3) is 1.18. The Morgan fingerprint density at radius 3 is 3.00 bits per heavy atom. The summed E-state index contributed by atoms with van der Waals surface area (Å²) in [4.78, 5) is 15.1. The van der Waals surface area contributed by atoms with Crippen LogP contribution >= 0.6 is 0 Å². The molecule has 2 atom stereocenters. The maximum absolute atomic E-state index is 11.3. The molecule has 0 spiro atoms. The molecule has 0 radical (unpaired) electrons. The van der Waals surface area contributed by atoms with Crippen LogP contribution < -0.4 is 11.0 Å². The Bertz CT molecular complexity index is 390. The van der Waals surface area contributed by atoms with Crippen LogP contribution in [-0.4, -0.2) is 22.6 Å². The predicted molar refractivity (Wildman–Crippen MR) is 51.8 cm³/mol. The molecule has 0 bridgehead atoms. The first-order chi connectivity index (χ1) is 6.86. The van der Waals surface area contributed by atoms with Gasteiger partial charge in [0.1, 0.15) is 0 Å². The molecule has 1 aliphatic carbocycles. The van der Waals surface area contributed by atoms with E-state index in [1.54, 1.807) is 10.8 Å². The van der Waals surface area contributed by atoms with E-state index in [1.165, 1.54) is 0 Å². The Kier molecular flexibility index (Phi) is 1.70. The van der Waals surface area contributed by atoms with E-state index in [1.807, 2.05) is 12.3 Å². The third-order valence-electron chi connectivity index (χ3n) is 3.46. The van der Waals surface area contributed by atoms with Crippen molar-refractivity contribution in [3.05, 3.63) is 28.9 Å². The van der Waals surface area contributed by atoms with Crippen molar-refractivity contribution in [2.45, 2.75) is 6.54 Å². The Hall–Kier alpha value is -1.16. The molecule has 1 saturated heterocycles. The molecule has 1 N–H and O–H groups in total. The third-order valence-corrected chi connectivity index (χ3v) is 3.46. The molecule has 74 valence electrons. The standard InChI is InChI=1S/C10H13N3O/c14-10-12-2-1-3-13(10)6-9-7-4-11-5-8(7)9/h1-3,7-9,11H,4-6H2. The molecule has 2 fully saturated rings. The van der Waals surface area contributed by atoms with Gasteiger partial charge < -0.3 is 5.32 Å².